The average Bonchev–Trinajstić information content (AvgIpc) is 2.67. The third-order valence-electron chi connectivity index (χ3n) is 3.80. The minimum absolute atomic E-state index is 0.00731. The lowest BCUT2D eigenvalue weighted by Crippen LogP contribution is -2.52. The van der Waals surface area contributed by atoms with Gasteiger partial charge in [0.1, 0.15) is 5.75 Å². The number of carboxylic acid groups (broad SMARTS) is 1. The van der Waals surface area contributed by atoms with Crippen molar-refractivity contribution in [3.63, 3.8) is 0 Å². The van der Waals surface area contributed by atoms with E-state index < -0.39 is 29.9 Å². The van der Waals surface area contributed by atoms with Crippen LogP contribution in [-0.2, 0) is 19.2 Å². The first-order valence-electron chi connectivity index (χ1n) is 9.74. The summed E-state index contributed by atoms with van der Waals surface area (Å²) in [6.45, 7) is 4.55. The summed E-state index contributed by atoms with van der Waals surface area (Å²) in [4.78, 5) is 46.0. The Balaban J connectivity index is 2.77. The summed E-state index contributed by atoms with van der Waals surface area (Å²) < 4.78 is 5.52. The molecule has 30 heavy (non-hydrogen) atoms. The summed E-state index contributed by atoms with van der Waals surface area (Å²) in [5, 5.41) is 16.9. The molecule has 0 radical (unpaired) electrons. The van der Waals surface area contributed by atoms with Gasteiger partial charge in [-0.3, -0.25) is 19.2 Å². The van der Waals surface area contributed by atoms with Crippen LogP contribution in [0.3, 0.4) is 0 Å². The molecule has 3 amide bonds. The van der Waals surface area contributed by atoms with E-state index in [2.05, 4.69) is 16.0 Å². The maximum atomic E-state index is 12.5. The lowest BCUT2D eigenvalue weighted by atomic mass is 10.2. The Morgan fingerprint density at radius 1 is 1.13 bits per heavy atom. The number of primary amides is 1. The van der Waals surface area contributed by atoms with Gasteiger partial charge in [0.15, 0.2) is 6.17 Å². The van der Waals surface area contributed by atoms with Crippen LogP contribution >= 0.6 is 0 Å². The molecule has 1 aromatic carbocycles. The molecule has 0 saturated carbocycles. The molecule has 6 N–H and O–H groups in total. The summed E-state index contributed by atoms with van der Waals surface area (Å²) in [6.07, 6.45) is -0.938. The van der Waals surface area contributed by atoms with Gasteiger partial charge in [0.25, 0.3) is 5.91 Å². The maximum absolute atomic E-state index is 12.5. The van der Waals surface area contributed by atoms with Crippen molar-refractivity contribution in [3.8, 4) is 5.75 Å². The summed E-state index contributed by atoms with van der Waals surface area (Å²) in [6, 6.07) is 6.74. The van der Waals surface area contributed by atoms with Crippen molar-refractivity contribution in [1.29, 1.82) is 0 Å². The van der Waals surface area contributed by atoms with E-state index in [-0.39, 0.29) is 31.8 Å². The Morgan fingerprint density at radius 2 is 1.87 bits per heavy atom. The van der Waals surface area contributed by atoms with E-state index in [1.54, 1.807) is 24.3 Å². The van der Waals surface area contributed by atoms with Gasteiger partial charge in [-0.25, -0.2) is 0 Å². The van der Waals surface area contributed by atoms with Gasteiger partial charge in [-0.2, -0.15) is 0 Å². The molecule has 0 aliphatic heterocycles. The fraction of sp³-hybridized carbons (Fsp3) is 0.500. The second-order valence-electron chi connectivity index (χ2n) is 7.12. The van der Waals surface area contributed by atoms with E-state index in [9.17, 15) is 19.2 Å². The predicted molar refractivity (Wildman–Crippen MR) is 111 cm³/mol. The highest BCUT2D eigenvalue weighted by molar-refractivity contribution is 5.90. The Labute approximate surface area is 175 Å². The van der Waals surface area contributed by atoms with Gasteiger partial charge in [0.05, 0.1) is 6.61 Å². The first kappa shape index (κ1) is 24.7. The molecule has 1 atom stereocenters. The highest BCUT2D eigenvalue weighted by Gasteiger charge is 2.21. The van der Waals surface area contributed by atoms with E-state index in [1.165, 1.54) is 0 Å². The number of nitrogens with one attached hydrogen (secondary N) is 3. The number of carbonyl (C=O) groups is 4. The lowest BCUT2D eigenvalue weighted by molar-refractivity contribution is -0.137. The smallest absolute Gasteiger partial charge is 0.303 e. The van der Waals surface area contributed by atoms with Gasteiger partial charge in [-0.1, -0.05) is 19.9 Å². The zero-order valence-corrected chi connectivity index (χ0v) is 17.3. The second-order valence-corrected chi connectivity index (χ2v) is 7.12. The number of nitrogens with two attached hydrogens (primary N) is 1. The van der Waals surface area contributed by atoms with E-state index in [0.29, 0.717) is 24.4 Å². The number of aliphatic carboxylic acids is 1. The molecular weight excluding hydrogens is 392 g/mol. The quantitative estimate of drug-likeness (QED) is 0.219. The highest BCUT2D eigenvalue weighted by Crippen LogP contribution is 2.18. The van der Waals surface area contributed by atoms with Crippen molar-refractivity contribution in [2.45, 2.75) is 45.7 Å². The summed E-state index contributed by atoms with van der Waals surface area (Å²) in [5.41, 5.74) is 5.58. The van der Waals surface area contributed by atoms with Crippen LogP contribution in [0.25, 0.3) is 0 Å². The molecule has 1 rings (SSSR count). The molecule has 0 bridgehead atoms. The number of anilines is 1. The molecule has 0 spiro atoms. The zero-order valence-electron chi connectivity index (χ0n) is 17.3. The van der Waals surface area contributed by atoms with Crippen molar-refractivity contribution in [2.75, 3.05) is 18.5 Å². The Hall–Kier alpha value is -3.30. The van der Waals surface area contributed by atoms with Crippen molar-refractivity contribution < 1.29 is 29.0 Å². The van der Waals surface area contributed by atoms with Crippen LogP contribution in [0.15, 0.2) is 24.3 Å². The summed E-state index contributed by atoms with van der Waals surface area (Å²) in [5.74, 6) is -1.70. The number of rotatable bonds is 14. The SMILES string of the molecule is CC(C)CNC(=O)C(NC(=O)CCC(N)=O)Nc1cccc(OCCCC(=O)O)c1. The normalized spacial score (nSPS) is 11.4. The topological polar surface area (TPSA) is 160 Å². The van der Waals surface area contributed by atoms with Crippen molar-refractivity contribution in [2.24, 2.45) is 11.7 Å². The molecule has 0 fully saturated rings. The van der Waals surface area contributed by atoms with Crippen LogP contribution in [0.2, 0.25) is 0 Å². The third kappa shape index (κ3) is 10.9. The monoisotopic (exact) mass is 422 g/mol. The third-order valence-corrected chi connectivity index (χ3v) is 3.80. The number of carboxylic acids is 1. The zero-order chi connectivity index (χ0) is 22.5. The first-order chi connectivity index (χ1) is 14.2. The molecule has 0 saturated heterocycles. The molecule has 0 aliphatic rings. The minimum Gasteiger partial charge on any atom is -0.494 e. The molecule has 1 unspecified atom stereocenters. The number of ether oxygens (including phenoxy) is 1. The van der Waals surface area contributed by atoms with Crippen LogP contribution < -0.4 is 26.4 Å². The van der Waals surface area contributed by atoms with Gasteiger partial charge in [0, 0.05) is 37.6 Å². The summed E-state index contributed by atoms with van der Waals surface area (Å²) in [7, 11) is 0. The van der Waals surface area contributed by atoms with Gasteiger partial charge >= 0.3 is 5.97 Å². The minimum atomic E-state index is -1.06. The lowest BCUT2D eigenvalue weighted by Gasteiger charge is -2.21. The molecule has 10 nitrogen and oxygen atoms in total. The van der Waals surface area contributed by atoms with E-state index in [4.69, 9.17) is 15.6 Å². The van der Waals surface area contributed by atoms with Crippen molar-refractivity contribution in [3.05, 3.63) is 24.3 Å². The van der Waals surface area contributed by atoms with Gasteiger partial charge in [-0.05, 0) is 24.5 Å². The highest BCUT2D eigenvalue weighted by atomic mass is 16.5. The Kier molecular flexibility index (Phi) is 10.7. The van der Waals surface area contributed by atoms with Gasteiger partial charge in [0.2, 0.25) is 11.8 Å². The molecule has 0 heterocycles. The molecular formula is C20H30N4O6. The van der Waals surface area contributed by atoms with Crippen molar-refractivity contribution in [1.82, 2.24) is 10.6 Å². The largest absolute Gasteiger partial charge is 0.494 e. The van der Waals surface area contributed by atoms with Crippen LogP contribution in [-0.4, -0.2) is 48.1 Å². The standard InChI is InChI=1S/C20H30N4O6/c1-13(2)12-22-20(29)19(24-17(26)9-8-16(21)25)23-14-5-3-6-15(11-14)30-10-4-7-18(27)28/h3,5-6,11,13,19,23H,4,7-10,12H2,1-2H3,(H2,21,25)(H,22,29)(H,24,26)(H,27,28). The van der Waals surface area contributed by atoms with Gasteiger partial charge in [-0.15, -0.1) is 0 Å². The average molecular weight is 422 g/mol. The number of hydrogen-bond acceptors (Lipinski definition) is 6. The molecule has 0 aromatic heterocycles. The van der Waals surface area contributed by atoms with Crippen LogP contribution in [0, 0.1) is 5.92 Å². The van der Waals surface area contributed by atoms with Crippen LogP contribution in [0.4, 0.5) is 5.69 Å². The fourth-order valence-corrected chi connectivity index (χ4v) is 2.30. The predicted octanol–water partition coefficient (Wildman–Crippen LogP) is 0.822. The Morgan fingerprint density at radius 3 is 2.50 bits per heavy atom. The maximum Gasteiger partial charge on any atom is 0.303 e. The molecule has 10 heteroatoms. The second kappa shape index (κ2) is 13.0. The number of carbonyl (C=O) groups excluding carboxylic acids is 3. The Bertz CT molecular complexity index is 738. The number of amides is 3. The number of hydrogen-bond donors (Lipinski definition) is 5. The summed E-state index contributed by atoms with van der Waals surface area (Å²) >= 11 is 0. The van der Waals surface area contributed by atoms with E-state index in [0.717, 1.165) is 0 Å². The molecule has 1 aromatic rings. The first-order valence-corrected chi connectivity index (χ1v) is 9.74. The molecule has 0 aliphatic carbocycles. The molecule has 166 valence electrons. The fourth-order valence-electron chi connectivity index (χ4n) is 2.30. The van der Waals surface area contributed by atoms with E-state index in [1.807, 2.05) is 13.8 Å². The van der Waals surface area contributed by atoms with Gasteiger partial charge < -0.3 is 31.5 Å². The number of benzene rings is 1. The van der Waals surface area contributed by atoms with Crippen LogP contribution in [0.5, 0.6) is 5.75 Å². The van der Waals surface area contributed by atoms with Crippen molar-refractivity contribution >= 4 is 29.4 Å². The van der Waals surface area contributed by atoms with E-state index >= 15 is 0 Å². The van der Waals surface area contributed by atoms with Crippen LogP contribution in [0.1, 0.15) is 39.5 Å².